The molecule has 1 aliphatic carbocycles. The summed E-state index contributed by atoms with van der Waals surface area (Å²) in [4.78, 5) is 8.56. The first kappa shape index (κ1) is 14.3. The second-order valence-electron chi connectivity index (χ2n) is 5.67. The molecule has 0 spiro atoms. The number of nitrogens with zero attached hydrogens (tertiary/aromatic N) is 2. The van der Waals surface area contributed by atoms with Crippen molar-refractivity contribution in [1.29, 1.82) is 0 Å². The van der Waals surface area contributed by atoms with Crippen molar-refractivity contribution in [3.63, 3.8) is 0 Å². The summed E-state index contributed by atoms with van der Waals surface area (Å²) in [7, 11) is 0. The van der Waals surface area contributed by atoms with Gasteiger partial charge in [0.25, 0.3) is 0 Å². The first-order chi connectivity index (χ1) is 9.45. The Kier molecular flexibility index (Phi) is 6.69. The molecule has 1 N–H and O–H groups in total. The molecule has 0 atom stereocenters. The van der Waals surface area contributed by atoms with Gasteiger partial charge < -0.3 is 5.32 Å². The minimum Gasteiger partial charge on any atom is -0.351 e. The second-order valence-corrected chi connectivity index (χ2v) is 5.67. The summed E-state index contributed by atoms with van der Waals surface area (Å²) in [6.45, 7) is 0. The lowest BCUT2D eigenvalue weighted by Crippen LogP contribution is -2.21. The van der Waals surface area contributed by atoms with Crippen molar-refractivity contribution in [2.75, 3.05) is 5.32 Å². The van der Waals surface area contributed by atoms with Gasteiger partial charge in [0.15, 0.2) is 0 Å². The average molecular weight is 261 g/mol. The van der Waals surface area contributed by atoms with Gasteiger partial charge in [-0.05, 0) is 18.9 Å². The van der Waals surface area contributed by atoms with Gasteiger partial charge >= 0.3 is 0 Å². The summed E-state index contributed by atoms with van der Waals surface area (Å²) in [5.41, 5.74) is 0. The predicted octanol–water partition coefficient (Wildman–Crippen LogP) is 4.56. The molecule has 3 heteroatoms. The normalized spacial score (nSPS) is 20.2. The van der Waals surface area contributed by atoms with Crippen LogP contribution in [0.3, 0.4) is 0 Å². The Hall–Kier alpha value is -1.12. The van der Waals surface area contributed by atoms with E-state index in [4.69, 9.17) is 0 Å². The van der Waals surface area contributed by atoms with Crippen molar-refractivity contribution in [2.24, 2.45) is 0 Å². The molecule has 1 aromatic rings. The zero-order valence-electron chi connectivity index (χ0n) is 12.0. The SMILES string of the molecule is c1cnc(NC2CCCCCCCCCCC2)nc1. The highest BCUT2D eigenvalue weighted by Crippen LogP contribution is 2.18. The highest BCUT2D eigenvalue weighted by molar-refractivity contribution is 5.23. The maximum atomic E-state index is 4.28. The highest BCUT2D eigenvalue weighted by atomic mass is 15.1. The predicted molar refractivity (Wildman–Crippen MR) is 80.2 cm³/mol. The van der Waals surface area contributed by atoms with Crippen LogP contribution >= 0.6 is 0 Å². The van der Waals surface area contributed by atoms with Crippen LogP contribution in [0.25, 0.3) is 0 Å². The molecule has 1 fully saturated rings. The van der Waals surface area contributed by atoms with Crippen molar-refractivity contribution in [2.45, 2.75) is 76.7 Å². The summed E-state index contributed by atoms with van der Waals surface area (Å²) >= 11 is 0. The van der Waals surface area contributed by atoms with Gasteiger partial charge in [0.05, 0.1) is 0 Å². The largest absolute Gasteiger partial charge is 0.351 e. The Bertz CT molecular complexity index is 314. The summed E-state index contributed by atoms with van der Waals surface area (Å²) in [6, 6.07) is 2.42. The van der Waals surface area contributed by atoms with Gasteiger partial charge in [0.2, 0.25) is 5.95 Å². The van der Waals surface area contributed by atoms with E-state index < -0.39 is 0 Å². The molecular weight excluding hydrogens is 234 g/mol. The molecule has 1 saturated carbocycles. The molecule has 19 heavy (non-hydrogen) atoms. The molecule has 106 valence electrons. The third kappa shape index (κ3) is 6.04. The maximum Gasteiger partial charge on any atom is 0.222 e. The molecule has 3 nitrogen and oxygen atoms in total. The molecule has 1 heterocycles. The van der Waals surface area contributed by atoms with Crippen LogP contribution in [-0.4, -0.2) is 16.0 Å². The molecule has 0 unspecified atom stereocenters. The van der Waals surface area contributed by atoms with Crippen LogP contribution in [0.15, 0.2) is 18.5 Å². The molecule has 0 amide bonds. The second kappa shape index (κ2) is 8.89. The first-order valence-corrected chi connectivity index (χ1v) is 7.99. The van der Waals surface area contributed by atoms with Crippen LogP contribution in [0.1, 0.15) is 70.6 Å². The fraction of sp³-hybridized carbons (Fsp3) is 0.750. The summed E-state index contributed by atoms with van der Waals surface area (Å²) in [5.74, 6) is 0.791. The van der Waals surface area contributed by atoms with Crippen LogP contribution in [0.2, 0.25) is 0 Å². The number of aromatic nitrogens is 2. The van der Waals surface area contributed by atoms with E-state index in [2.05, 4.69) is 15.3 Å². The van der Waals surface area contributed by atoms with E-state index in [1.165, 1.54) is 70.6 Å². The molecule has 1 aromatic heterocycles. The number of rotatable bonds is 2. The zero-order valence-corrected chi connectivity index (χ0v) is 12.0. The highest BCUT2D eigenvalue weighted by Gasteiger charge is 2.10. The topological polar surface area (TPSA) is 37.8 Å². The summed E-state index contributed by atoms with van der Waals surface area (Å²) < 4.78 is 0. The Morgan fingerprint density at radius 1 is 0.737 bits per heavy atom. The van der Waals surface area contributed by atoms with E-state index in [0.717, 1.165) is 5.95 Å². The fourth-order valence-electron chi connectivity index (χ4n) is 2.86. The Morgan fingerprint density at radius 3 is 1.74 bits per heavy atom. The molecule has 0 radical (unpaired) electrons. The number of hydrogen-bond donors (Lipinski definition) is 1. The Labute approximate surface area is 117 Å². The van der Waals surface area contributed by atoms with Crippen molar-refractivity contribution in [1.82, 2.24) is 9.97 Å². The van der Waals surface area contributed by atoms with Crippen LogP contribution in [0, 0.1) is 0 Å². The van der Waals surface area contributed by atoms with Gasteiger partial charge in [-0.3, -0.25) is 0 Å². The van der Waals surface area contributed by atoms with E-state index in [0.29, 0.717) is 6.04 Å². The Balaban J connectivity index is 1.81. The Morgan fingerprint density at radius 2 is 1.21 bits per heavy atom. The van der Waals surface area contributed by atoms with Gasteiger partial charge in [-0.2, -0.15) is 0 Å². The van der Waals surface area contributed by atoms with Crippen LogP contribution < -0.4 is 5.32 Å². The van der Waals surface area contributed by atoms with Crippen LogP contribution in [-0.2, 0) is 0 Å². The molecule has 0 aliphatic heterocycles. The molecule has 0 bridgehead atoms. The molecule has 0 aromatic carbocycles. The van der Waals surface area contributed by atoms with Crippen LogP contribution in [0.5, 0.6) is 0 Å². The van der Waals surface area contributed by atoms with Gasteiger partial charge in [0.1, 0.15) is 0 Å². The van der Waals surface area contributed by atoms with Crippen molar-refractivity contribution >= 4 is 5.95 Å². The lowest BCUT2D eigenvalue weighted by molar-refractivity contribution is 0.479. The van der Waals surface area contributed by atoms with Crippen molar-refractivity contribution < 1.29 is 0 Å². The lowest BCUT2D eigenvalue weighted by atomic mass is 9.98. The minimum atomic E-state index is 0.557. The quantitative estimate of drug-likeness (QED) is 0.848. The lowest BCUT2D eigenvalue weighted by Gasteiger charge is -2.19. The van der Waals surface area contributed by atoms with Gasteiger partial charge in [-0.1, -0.05) is 57.8 Å². The average Bonchev–Trinajstić information content (AvgIpc) is 2.43. The van der Waals surface area contributed by atoms with E-state index in [-0.39, 0.29) is 0 Å². The van der Waals surface area contributed by atoms with E-state index >= 15 is 0 Å². The third-order valence-electron chi connectivity index (χ3n) is 4.00. The fourth-order valence-corrected chi connectivity index (χ4v) is 2.86. The summed E-state index contributed by atoms with van der Waals surface area (Å²) in [5, 5.41) is 3.51. The smallest absolute Gasteiger partial charge is 0.222 e. The van der Waals surface area contributed by atoms with Crippen molar-refractivity contribution in [3.8, 4) is 0 Å². The van der Waals surface area contributed by atoms with Gasteiger partial charge in [0, 0.05) is 18.4 Å². The molecular formula is C16H27N3. The monoisotopic (exact) mass is 261 g/mol. The minimum absolute atomic E-state index is 0.557. The molecule has 2 rings (SSSR count). The van der Waals surface area contributed by atoms with E-state index in [1.807, 2.05) is 18.5 Å². The zero-order chi connectivity index (χ0) is 13.2. The number of anilines is 1. The van der Waals surface area contributed by atoms with Crippen LogP contribution in [0.4, 0.5) is 5.95 Å². The maximum absolute atomic E-state index is 4.28. The third-order valence-corrected chi connectivity index (χ3v) is 4.00. The van der Waals surface area contributed by atoms with Gasteiger partial charge in [-0.15, -0.1) is 0 Å². The van der Waals surface area contributed by atoms with Crippen molar-refractivity contribution in [3.05, 3.63) is 18.5 Å². The molecule has 1 aliphatic rings. The van der Waals surface area contributed by atoms with Gasteiger partial charge in [-0.25, -0.2) is 9.97 Å². The number of hydrogen-bond acceptors (Lipinski definition) is 3. The number of nitrogens with one attached hydrogen (secondary N) is 1. The first-order valence-electron chi connectivity index (χ1n) is 7.99. The van der Waals surface area contributed by atoms with E-state index in [9.17, 15) is 0 Å². The molecule has 0 saturated heterocycles. The van der Waals surface area contributed by atoms with E-state index in [1.54, 1.807) is 0 Å². The standard InChI is InChI=1S/C16H27N3/c1-2-4-6-8-11-15(12-9-7-5-3-1)19-16-17-13-10-14-18-16/h10,13-15H,1-9,11-12H2,(H,17,18,19). The summed E-state index contributed by atoms with van der Waals surface area (Å²) in [6.07, 6.45) is 18.7.